The van der Waals surface area contributed by atoms with Crippen LogP contribution in [-0.4, -0.2) is 28.1 Å². The number of carbonyl (C=O) groups is 2. The van der Waals surface area contributed by atoms with E-state index in [9.17, 15) is 14.0 Å². The Bertz CT molecular complexity index is 583. The largest absolute Gasteiger partial charge is 0.444 e. The van der Waals surface area contributed by atoms with Crippen molar-refractivity contribution in [1.82, 2.24) is 4.98 Å². The van der Waals surface area contributed by atoms with Crippen LogP contribution >= 0.6 is 11.6 Å². The monoisotopic (exact) mass is 330 g/mol. The van der Waals surface area contributed by atoms with E-state index >= 15 is 0 Å². The quantitative estimate of drug-likeness (QED) is 0.831. The molecular weight excluding hydrogens is 311 g/mol. The summed E-state index contributed by atoms with van der Waals surface area (Å²) in [5.41, 5.74) is -2.98. The number of nitrogens with zero attached hydrogens (tertiary/aromatic N) is 1. The van der Waals surface area contributed by atoms with Crippen molar-refractivity contribution >= 4 is 29.3 Å². The first-order valence-electron chi connectivity index (χ1n) is 6.86. The van der Waals surface area contributed by atoms with Gasteiger partial charge in [-0.1, -0.05) is 18.5 Å². The fourth-order valence-electron chi connectivity index (χ4n) is 1.57. The van der Waals surface area contributed by atoms with Crippen LogP contribution in [0, 0.1) is 0 Å². The molecule has 1 aromatic heterocycles. The molecule has 1 N–H and O–H groups in total. The van der Waals surface area contributed by atoms with Crippen molar-refractivity contribution in [1.29, 1.82) is 0 Å². The highest BCUT2D eigenvalue weighted by atomic mass is 35.5. The van der Waals surface area contributed by atoms with Gasteiger partial charge in [-0.25, -0.2) is 14.2 Å². The lowest BCUT2D eigenvalue weighted by Crippen LogP contribution is -2.32. The first kappa shape index (κ1) is 18.4. The van der Waals surface area contributed by atoms with Gasteiger partial charge in [0.2, 0.25) is 5.78 Å². The molecule has 0 aliphatic carbocycles. The molecule has 5 nitrogen and oxygen atoms in total. The first-order valence-corrected chi connectivity index (χ1v) is 7.24. The molecule has 0 radical (unpaired) electrons. The summed E-state index contributed by atoms with van der Waals surface area (Å²) in [5, 5.41) is 2.36. The summed E-state index contributed by atoms with van der Waals surface area (Å²) in [6.45, 7) is 7.79. The summed E-state index contributed by atoms with van der Waals surface area (Å²) in [5.74, 6) is -0.955. The number of aromatic nitrogens is 1. The molecule has 0 bridgehead atoms. The maximum Gasteiger partial charge on any atom is 0.413 e. The number of nitrogens with one attached hydrogen (secondary N) is 1. The molecule has 1 atom stereocenters. The van der Waals surface area contributed by atoms with Gasteiger partial charge >= 0.3 is 6.09 Å². The molecular formula is C15H20ClFN2O3. The minimum atomic E-state index is -2.10. The summed E-state index contributed by atoms with van der Waals surface area (Å²) < 4.78 is 19.4. The van der Waals surface area contributed by atoms with E-state index in [1.54, 1.807) is 27.7 Å². The second kappa shape index (κ2) is 6.60. The minimum absolute atomic E-state index is 0.0170. The van der Waals surface area contributed by atoms with E-state index < -0.39 is 23.1 Å². The summed E-state index contributed by atoms with van der Waals surface area (Å²) in [4.78, 5) is 28.0. The Kier molecular flexibility index (Phi) is 5.51. The van der Waals surface area contributed by atoms with Crippen LogP contribution < -0.4 is 5.32 Å². The number of halogens is 2. The van der Waals surface area contributed by atoms with Crippen molar-refractivity contribution in [3.05, 3.63) is 22.8 Å². The Balaban J connectivity index is 3.15. The normalized spacial score (nSPS) is 14.1. The van der Waals surface area contributed by atoms with Gasteiger partial charge in [0.15, 0.2) is 5.67 Å². The molecule has 1 amide bonds. The van der Waals surface area contributed by atoms with Crippen LogP contribution in [0.4, 0.5) is 15.0 Å². The number of ether oxygens (including phenoxy) is 1. The average molecular weight is 331 g/mol. The molecule has 1 aromatic rings. The molecule has 0 aliphatic rings. The zero-order valence-electron chi connectivity index (χ0n) is 13.3. The fraction of sp³-hybridized carbons (Fsp3) is 0.533. The smallest absolute Gasteiger partial charge is 0.413 e. The third-order valence-electron chi connectivity index (χ3n) is 2.88. The molecule has 0 saturated carbocycles. The second-order valence-corrected chi connectivity index (χ2v) is 6.43. The predicted molar refractivity (Wildman–Crippen MR) is 83.2 cm³/mol. The number of Topliss-reactive ketones (excluding diaryl/α,β-unsaturated/α-hetero) is 1. The standard InChI is InChI=1S/C15H20ClFN2O3/c1-6-15(5,17)11(20)10-9(16)7-8-18-12(10)19-13(21)22-14(2,3)4/h7-8H,6H2,1-5H3,(H,18,19,21). The van der Waals surface area contributed by atoms with Crippen LogP contribution in [-0.2, 0) is 4.74 Å². The zero-order chi connectivity index (χ0) is 17.1. The van der Waals surface area contributed by atoms with Crippen molar-refractivity contribution < 1.29 is 18.7 Å². The highest BCUT2D eigenvalue weighted by Crippen LogP contribution is 2.30. The van der Waals surface area contributed by atoms with Gasteiger partial charge in [0, 0.05) is 6.20 Å². The van der Waals surface area contributed by atoms with Crippen molar-refractivity contribution in [2.24, 2.45) is 0 Å². The maximum absolute atomic E-state index is 14.3. The van der Waals surface area contributed by atoms with Crippen LogP contribution in [0.5, 0.6) is 0 Å². The molecule has 22 heavy (non-hydrogen) atoms. The number of anilines is 1. The molecule has 0 fully saturated rings. The Morgan fingerprint density at radius 1 is 1.36 bits per heavy atom. The summed E-state index contributed by atoms with van der Waals surface area (Å²) >= 11 is 5.98. The molecule has 0 spiro atoms. The van der Waals surface area contributed by atoms with Gasteiger partial charge in [-0.05, 0) is 40.2 Å². The highest BCUT2D eigenvalue weighted by Gasteiger charge is 2.35. The van der Waals surface area contributed by atoms with E-state index in [2.05, 4.69) is 10.3 Å². The number of alkyl halides is 1. The fourth-order valence-corrected chi connectivity index (χ4v) is 1.80. The summed E-state index contributed by atoms with van der Waals surface area (Å²) in [7, 11) is 0. The lowest BCUT2D eigenvalue weighted by Gasteiger charge is -2.21. The number of pyridine rings is 1. The van der Waals surface area contributed by atoms with Crippen LogP contribution in [0.25, 0.3) is 0 Å². The first-order chi connectivity index (χ1) is 9.98. The van der Waals surface area contributed by atoms with Crippen LogP contribution in [0.1, 0.15) is 51.4 Å². The molecule has 122 valence electrons. The van der Waals surface area contributed by atoms with E-state index in [0.717, 1.165) is 6.92 Å². The van der Waals surface area contributed by atoms with Gasteiger partial charge in [0.25, 0.3) is 0 Å². The number of rotatable bonds is 4. The number of amides is 1. The van der Waals surface area contributed by atoms with Crippen molar-refractivity contribution in [3.8, 4) is 0 Å². The van der Waals surface area contributed by atoms with Crippen molar-refractivity contribution in [2.75, 3.05) is 5.32 Å². The zero-order valence-corrected chi connectivity index (χ0v) is 14.0. The van der Waals surface area contributed by atoms with E-state index in [4.69, 9.17) is 16.3 Å². The third-order valence-corrected chi connectivity index (χ3v) is 3.20. The number of ketones is 1. The molecule has 0 aliphatic heterocycles. The van der Waals surface area contributed by atoms with E-state index in [1.165, 1.54) is 12.3 Å². The number of hydrogen-bond acceptors (Lipinski definition) is 4. The van der Waals surface area contributed by atoms with Gasteiger partial charge in [0.05, 0.1) is 10.6 Å². The van der Waals surface area contributed by atoms with Gasteiger partial charge < -0.3 is 4.74 Å². The molecule has 0 saturated heterocycles. The topological polar surface area (TPSA) is 68.3 Å². The Hall–Kier alpha value is -1.69. The number of hydrogen-bond donors (Lipinski definition) is 1. The van der Waals surface area contributed by atoms with Gasteiger partial charge in [0.1, 0.15) is 11.4 Å². The van der Waals surface area contributed by atoms with Gasteiger partial charge in [-0.3, -0.25) is 10.1 Å². The molecule has 1 rings (SSSR count). The van der Waals surface area contributed by atoms with Crippen LogP contribution in [0.2, 0.25) is 5.02 Å². The summed E-state index contributed by atoms with van der Waals surface area (Å²) in [6, 6.07) is 1.36. The molecule has 7 heteroatoms. The van der Waals surface area contributed by atoms with E-state index in [-0.39, 0.29) is 22.8 Å². The summed E-state index contributed by atoms with van der Waals surface area (Å²) in [6.07, 6.45) is 0.490. The van der Waals surface area contributed by atoms with Gasteiger partial charge in [-0.15, -0.1) is 0 Å². The Labute approximate surface area is 134 Å². The SMILES string of the molecule is CCC(C)(F)C(=O)c1c(Cl)ccnc1NC(=O)OC(C)(C)C. The van der Waals surface area contributed by atoms with Crippen molar-refractivity contribution in [3.63, 3.8) is 0 Å². The van der Waals surface area contributed by atoms with Crippen LogP contribution in [0.3, 0.4) is 0 Å². The Morgan fingerprint density at radius 3 is 2.45 bits per heavy atom. The van der Waals surface area contributed by atoms with Crippen molar-refractivity contribution in [2.45, 2.75) is 52.3 Å². The van der Waals surface area contributed by atoms with Crippen LogP contribution in [0.15, 0.2) is 12.3 Å². The number of carbonyl (C=O) groups excluding carboxylic acids is 2. The molecule has 1 unspecified atom stereocenters. The predicted octanol–water partition coefficient (Wildman–Crippen LogP) is 4.40. The molecule has 1 heterocycles. The van der Waals surface area contributed by atoms with Gasteiger partial charge in [-0.2, -0.15) is 0 Å². The Morgan fingerprint density at radius 2 is 1.95 bits per heavy atom. The average Bonchev–Trinajstić information content (AvgIpc) is 2.36. The second-order valence-electron chi connectivity index (χ2n) is 6.02. The lowest BCUT2D eigenvalue weighted by atomic mass is 9.94. The lowest BCUT2D eigenvalue weighted by molar-refractivity contribution is 0.0635. The highest BCUT2D eigenvalue weighted by molar-refractivity contribution is 6.35. The minimum Gasteiger partial charge on any atom is -0.444 e. The van der Waals surface area contributed by atoms with E-state index in [1.807, 2.05) is 0 Å². The molecule has 0 aromatic carbocycles. The third kappa shape index (κ3) is 4.66. The maximum atomic E-state index is 14.3. The van der Waals surface area contributed by atoms with E-state index in [0.29, 0.717) is 0 Å².